The van der Waals surface area contributed by atoms with E-state index in [9.17, 15) is 4.79 Å². The summed E-state index contributed by atoms with van der Waals surface area (Å²) >= 11 is 0. The Morgan fingerprint density at radius 3 is 2.74 bits per heavy atom. The molecule has 1 saturated heterocycles. The third kappa shape index (κ3) is 5.45. The number of hydrogen-bond acceptors (Lipinski definition) is 3. The van der Waals surface area contributed by atoms with Gasteiger partial charge in [0.05, 0.1) is 18.5 Å². The molecule has 1 aliphatic rings. The summed E-state index contributed by atoms with van der Waals surface area (Å²) in [6, 6.07) is 2.65. The summed E-state index contributed by atoms with van der Waals surface area (Å²) in [7, 11) is 0. The fraction of sp³-hybridized carbons (Fsp3) is 0.643. The third-order valence-electron chi connectivity index (χ3n) is 3.28. The number of amides is 1. The van der Waals surface area contributed by atoms with Gasteiger partial charge < -0.3 is 11.8 Å². The molecule has 0 bridgehead atoms. The Balaban J connectivity index is 0.00000324. The van der Waals surface area contributed by atoms with Crippen molar-refractivity contribution in [2.24, 2.45) is 0 Å². The van der Waals surface area contributed by atoms with Crippen LogP contribution in [0.5, 0.6) is 0 Å². The molecule has 1 fully saturated rings. The third-order valence-corrected chi connectivity index (χ3v) is 3.28. The molecule has 1 aliphatic heterocycles. The number of carbonyl (C=O) groups excluding carboxylic acids is 1. The van der Waals surface area contributed by atoms with E-state index in [0.29, 0.717) is 25.4 Å². The SMILES string of the molecule is [CH2-]C/C=C/C(=O)N1CCN(C(C)C)CC1CC#N.[Re]. The molecule has 1 unspecified atom stereocenters. The molecule has 0 saturated carbocycles. The van der Waals surface area contributed by atoms with Gasteiger partial charge in [-0.25, -0.2) is 0 Å². The predicted octanol–water partition coefficient (Wildman–Crippen LogP) is 1.60. The van der Waals surface area contributed by atoms with Gasteiger partial charge in [-0.15, -0.1) is 6.08 Å². The molecule has 1 radical (unpaired) electrons. The normalized spacial score (nSPS) is 20.4. The van der Waals surface area contributed by atoms with Gasteiger partial charge in [0.1, 0.15) is 0 Å². The van der Waals surface area contributed by atoms with Crippen LogP contribution in [0.15, 0.2) is 12.2 Å². The van der Waals surface area contributed by atoms with E-state index in [1.54, 1.807) is 12.2 Å². The zero-order valence-electron chi connectivity index (χ0n) is 11.7. The molecule has 107 valence electrons. The predicted molar refractivity (Wildman–Crippen MR) is 71.6 cm³/mol. The average Bonchev–Trinajstić information content (AvgIpc) is 2.36. The van der Waals surface area contributed by atoms with E-state index in [1.807, 2.05) is 4.90 Å². The van der Waals surface area contributed by atoms with Crippen LogP contribution in [0.3, 0.4) is 0 Å². The van der Waals surface area contributed by atoms with E-state index in [-0.39, 0.29) is 32.4 Å². The summed E-state index contributed by atoms with van der Waals surface area (Å²) in [4.78, 5) is 16.1. The van der Waals surface area contributed by atoms with Crippen molar-refractivity contribution in [3.8, 4) is 6.07 Å². The summed E-state index contributed by atoms with van der Waals surface area (Å²) in [5, 5.41) is 8.88. The Morgan fingerprint density at radius 1 is 1.53 bits per heavy atom. The van der Waals surface area contributed by atoms with Gasteiger partial charge in [0.25, 0.3) is 0 Å². The summed E-state index contributed by atoms with van der Waals surface area (Å²) in [6.07, 6.45) is 4.34. The van der Waals surface area contributed by atoms with Gasteiger partial charge in [0, 0.05) is 46.1 Å². The zero-order chi connectivity index (χ0) is 13.5. The monoisotopic (exact) mass is 435 g/mol. The van der Waals surface area contributed by atoms with Crippen LogP contribution in [0.2, 0.25) is 0 Å². The molecule has 1 heterocycles. The van der Waals surface area contributed by atoms with Gasteiger partial charge in [0.15, 0.2) is 0 Å². The minimum Gasteiger partial charge on any atom is -0.340 e. The van der Waals surface area contributed by atoms with Crippen LogP contribution in [-0.2, 0) is 25.2 Å². The second-order valence-electron chi connectivity index (χ2n) is 4.83. The molecule has 0 aromatic carbocycles. The molecule has 4 nitrogen and oxygen atoms in total. The molecular weight excluding hydrogens is 412 g/mol. The fourth-order valence-electron chi connectivity index (χ4n) is 2.20. The van der Waals surface area contributed by atoms with Crippen molar-refractivity contribution in [3.05, 3.63) is 19.1 Å². The second kappa shape index (κ2) is 9.26. The molecule has 5 heteroatoms. The first-order valence-electron chi connectivity index (χ1n) is 6.47. The number of carbonyl (C=O) groups is 1. The van der Waals surface area contributed by atoms with Crippen molar-refractivity contribution >= 4 is 5.91 Å². The first kappa shape index (κ1) is 18.3. The number of rotatable bonds is 4. The van der Waals surface area contributed by atoms with Crippen molar-refractivity contribution in [2.45, 2.75) is 38.8 Å². The van der Waals surface area contributed by atoms with E-state index in [1.165, 1.54) is 0 Å². The van der Waals surface area contributed by atoms with E-state index in [4.69, 9.17) is 5.26 Å². The molecule has 0 aliphatic carbocycles. The number of allylic oxidation sites excluding steroid dienone is 1. The van der Waals surface area contributed by atoms with E-state index in [0.717, 1.165) is 13.1 Å². The topological polar surface area (TPSA) is 47.3 Å². The molecule has 0 aromatic heterocycles. The zero-order valence-corrected chi connectivity index (χ0v) is 14.4. The smallest absolute Gasteiger partial charge is 0.246 e. The van der Waals surface area contributed by atoms with Crippen LogP contribution in [0.1, 0.15) is 26.7 Å². The number of piperazine rings is 1. The Bertz CT molecular complexity index is 349. The summed E-state index contributed by atoms with van der Waals surface area (Å²) in [6.45, 7) is 10.3. The molecule has 19 heavy (non-hydrogen) atoms. The van der Waals surface area contributed by atoms with Crippen LogP contribution in [-0.4, -0.2) is 47.4 Å². The Kier molecular flexibility index (Phi) is 8.93. The van der Waals surface area contributed by atoms with Gasteiger partial charge in [-0.1, -0.05) is 0 Å². The van der Waals surface area contributed by atoms with E-state index < -0.39 is 0 Å². The van der Waals surface area contributed by atoms with E-state index >= 15 is 0 Å². The maximum Gasteiger partial charge on any atom is 0.246 e. The Morgan fingerprint density at radius 2 is 2.21 bits per heavy atom. The number of nitriles is 1. The Hall–Kier alpha value is -0.678. The summed E-state index contributed by atoms with van der Waals surface area (Å²) in [5.41, 5.74) is 0. The first-order chi connectivity index (χ1) is 8.60. The minimum absolute atomic E-state index is 0. The van der Waals surface area contributed by atoms with Crippen LogP contribution in [0, 0.1) is 18.3 Å². The molecule has 1 amide bonds. The van der Waals surface area contributed by atoms with Crippen molar-refractivity contribution in [1.29, 1.82) is 5.26 Å². The standard InChI is InChI=1S/C14H22N3O.Re/c1-4-5-6-14(18)17-10-9-16(12(2)3)11-13(17)7-8-15;/h5-6,12-13H,1,4,7,9-11H2,2-3H3;/q-1;/b6-5+;. The molecule has 0 N–H and O–H groups in total. The van der Waals surface area contributed by atoms with Gasteiger partial charge in [0.2, 0.25) is 5.91 Å². The number of hydrogen-bond donors (Lipinski definition) is 0. The van der Waals surface area contributed by atoms with Crippen molar-refractivity contribution < 1.29 is 25.2 Å². The van der Waals surface area contributed by atoms with Crippen molar-refractivity contribution in [1.82, 2.24) is 9.80 Å². The summed E-state index contributed by atoms with van der Waals surface area (Å²) < 4.78 is 0. The van der Waals surface area contributed by atoms with Crippen molar-refractivity contribution in [3.63, 3.8) is 0 Å². The summed E-state index contributed by atoms with van der Waals surface area (Å²) in [5.74, 6) is 0.00214. The molecule has 1 rings (SSSR count). The maximum atomic E-state index is 12.0. The van der Waals surface area contributed by atoms with Gasteiger partial charge in [-0.2, -0.15) is 11.7 Å². The van der Waals surface area contributed by atoms with Gasteiger partial charge >= 0.3 is 0 Å². The number of nitrogens with zero attached hydrogens (tertiary/aromatic N) is 3. The fourth-order valence-corrected chi connectivity index (χ4v) is 2.20. The molecule has 1 atom stereocenters. The van der Waals surface area contributed by atoms with E-state index in [2.05, 4.69) is 31.7 Å². The average molecular weight is 435 g/mol. The van der Waals surface area contributed by atoms with Crippen LogP contribution < -0.4 is 0 Å². The second-order valence-corrected chi connectivity index (χ2v) is 4.83. The largest absolute Gasteiger partial charge is 0.340 e. The molecular formula is C14H22N3ORe-. The molecule has 0 aromatic rings. The van der Waals surface area contributed by atoms with Crippen LogP contribution in [0.25, 0.3) is 0 Å². The molecule has 0 spiro atoms. The van der Waals surface area contributed by atoms with Crippen molar-refractivity contribution in [2.75, 3.05) is 19.6 Å². The quantitative estimate of drug-likeness (QED) is 0.499. The van der Waals surface area contributed by atoms with Crippen LogP contribution >= 0.6 is 0 Å². The first-order valence-corrected chi connectivity index (χ1v) is 6.47. The van der Waals surface area contributed by atoms with Gasteiger partial charge in [-0.3, -0.25) is 9.69 Å². The van der Waals surface area contributed by atoms with Crippen LogP contribution in [0.4, 0.5) is 0 Å². The Labute approximate surface area is 130 Å². The van der Waals surface area contributed by atoms with Gasteiger partial charge in [-0.05, 0) is 19.9 Å². The maximum absolute atomic E-state index is 12.0. The minimum atomic E-state index is 0.